The zero-order valence-corrected chi connectivity index (χ0v) is 13.7. The van der Waals surface area contributed by atoms with Crippen molar-refractivity contribution >= 4 is 15.9 Å². The van der Waals surface area contributed by atoms with Crippen LogP contribution in [0.3, 0.4) is 0 Å². The minimum Gasteiger partial charge on any atom is -0.329 e. The molecule has 20 heavy (non-hydrogen) atoms. The van der Waals surface area contributed by atoms with E-state index in [4.69, 9.17) is 5.73 Å². The molecule has 1 unspecified atom stereocenters. The second kappa shape index (κ2) is 6.59. The smallest absolute Gasteiger partial charge is 0.0484 e. The molecule has 0 bridgehead atoms. The first-order chi connectivity index (χ1) is 9.81. The van der Waals surface area contributed by atoms with Gasteiger partial charge in [-0.2, -0.15) is 0 Å². The normalized spacial score (nSPS) is 28.9. The SMILES string of the molecule is NCC(c1ccccc1Br)N1CCC[C@H]2CCCC[C@H]21. The summed E-state index contributed by atoms with van der Waals surface area (Å²) in [7, 11) is 0. The fraction of sp³-hybridized carbons (Fsp3) is 0.647. The van der Waals surface area contributed by atoms with Crippen LogP contribution in [0, 0.1) is 5.92 Å². The summed E-state index contributed by atoms with van der Waals surface area (Å²) in [5, 5.41) is 0. The van der Waals surface area contributed by atoms with Crippen LogP contribution in [0.1, 0.15) is 50.1 Å². The van der Waals surface area contributed by atoms with Crippen LogP contribution in [-0.4, -0.2) is 24.0 Å². The van der Waals surface area contributed by atoms with Gasteiger partial charge in [0, 0.05) is 23.1 Å². The first-order valence-corrected chi connectivity index (χ1v) is 8.81. The molecule has 1 aromatic carbocycles. The molecular weight excluding hydrogens is 312 g/mol. The van der Waals surface area contributed by atoms with E-state index in [1.165, 1.54) is 55.1 Å². The van der Waals surface area contributed by atoms with Crippen molar-refractivity contribution in [2.24, 2.45) is 11.7 Å². The Bertz CT molecular complexity index is 446. The van der Waals surface area contributed by atoms with Gasteiger partial charge in [0.25, 0.3) is 0 Å². The molecule has 3 heteroatoms. The van der Waals surface area contributed by atoms with Crippen LogP contribution in [0.2, 0.25) is 0 Å². The van der Waals surface area contributed by atoms with Crippen molar-refractivity contribution in [2.75, 3.05) is 13.1 Å². The van der Waals surface area contributed by atoms with Crippen molar-refractivity contribution in [3.8, 4) is 0 Å². The summed E-state index contributed by atoms with van der Waals surface area (Å²) in [6.07, 6.45) is 8.37. The monoisotopic (exact) mass is 336 g/mol. The zero-order chi connectivity index (χ0) is 13.9. The second-order valence-electron chi connectivity index (χ2n) is 6.26. The highest BCUT2D eigenvalue weighted by atomic mass is 79.9. The topological polar surface area (TPSA) is 29.3 Å². The molecule has 2 fully saturated rings. The van der Waals surface area contributed by atoms with Gasteiger partial charge in [-0.15, -0.1) is 0 Å². The van der Waals surface area contributed by atoms with Crippen molar-refractivity contribution in [3.63, 3.8) is 0 Å². The van der Waals surface area contributed by atoms with Crippen molar-refractivity contribution in [3.05, 3.63) is 34.3 Å². The number of nitrogens with two attached hydrogens (primary N) is 1. The predicted molar refractivity (Wildman–Crippen MR) is 87.6 cm³/mol. The van der Waals surface area contributed by atoms with Gasteiger partial charge in [0.15, 0.2) is 0 Å². The van der Waals surface area contributed by atoms with E-state index in [-0.39, 0.29) is 0 Å². The number of fused-ring (bicyclic) bond motifs is 1. The molecular formula is C17H25BrN2. The summed E-state index contributed by atoms with van der Waals surface area (Å²) in [6.45, 7) is 1.93. The Hall–Kier alpha value is -0.380. The molecule has 1 saturated carbocycles. The summed E-state index contributed by atoms with van der Waals surface area (Å²) >= 11 is 3.71. The Morgan fingerprint density at radius 1 is 1.15 bits per heavy atom. The number of likely N-dealkylation sites (tertiary alicyclic amines) is 1. The van der Waals surface area contributed by atoms with Crippen molar-refractivity contribution < 1.29 is 0 Å². The third kappa shape index (κ3) is 2.81. The molecule has 2 N–H and O–H groups in total. The molecule has 110 valence electrons. The number of halogens is 1. The Morgan fingerprint density at radius 2 is 1.90 bits per heavy atom. The van der Waals surface area contributed by atoms with Crippen LogP contribution in [0.15, 0.2) is 28.7 Å². The highest BCUT2D eigenvalue weighted by Gasteiger charge is 2.36. The molecule has 0 spiro atoms. The van der Waals surface area contributed by atoms with Crippen LogP contribution in [-0.2, 0) is 0 Å². The Morgan fingerprint density at radius 3 is 2.70 bits per heavy atom. The Kier molecular flexibility index (Phi) is 4.79. The first-order valence-electron chi connectivity index (χ1n) is 8.01. The third-order valence-corrected chi connectivity index (χ3v) is 5.90. The lowest BCUT2D eigenvalue weighted by atomic mass is 9.77. The summed E-state index contributed by atoms with van der Waals surface area (Å²) in [5.41, 5.74) is 7.53. The fourth-order valence-electron chi connectivity index (χ4n) is 4.24. The maximum absolute atomic E-state index is 6.16. The molecule has 0 radical (unpaired) electrons. The quantitative estimate of drug-likeness (QED) is 0.900. The standard InChI is InChI=1S/C17H25BrN2/c18-15-9-3-2-8-14(15)17(12-19)20-11-5-7-13-6-1-4-10-16(13)20/h2-3,8-9,13,16-17H,1,4-7,10-12,19H2/t13-,16-,17?/m1/s1. The van der Waals surface area contributed by atoms with Gasteiger partial charge in [0.2, 0.25) is 0 Å². The number of benzene rings is 1. The highest BCUT2D eigenvalue weighted by Crippen LogP contribution is 2.40. The van der Waals surface area contributed by atoms with E-state index in [1.54, 1.807) is 0 Å². The Labute approximate surface area is 130 Å². The van der Waals surface area contributed by atoms with Crippen molar-refractivity contribution in [1.82, 2.24) is 4.90 Å². The molecule has 1 heterocycles. The predicted octanol–water partition coefficient (Wildman–Crippen LogP) is 4.10. The van der Waals surface area contributed by atoms with Gasteiger partial charge in [0.1, 0.15) is 0 Å². The van der Waals surface area contributed by atoms with Crippen LogP contribution < -0.4 is 5.73 Å². The van der Waals surface area contributed by atoms with Gasteiger partial charge in [-0.25, -0.2) is 0 Å². The summed E-state index contributed by atoms with van der Waals surface area (Å²) in [6, 6.07) is 9.72. The molecule has 1 aliphatic carbocycles. The van der Waals surface area contributed by atoms with Gasteiger partial charge >= 0.3 is 0 Å². The minimum absolute atomic E-state index is 0.372. The molecule has 1 aliphatic heterocycles. The van der Waals surface area contributed by atoms with E-state index < -0.39 is 0 Å². The lowest BCUT2D eigenvalue weighted by Crippen LogP contribution is -2.50. The maximum Gasteiger partial charge on any atom is 0.0484 e. The zero-order valence-electron chi connectivity index (χ0n) is 12.1. The van der Waals surface area contributed by atoms with Crippen LogP contribution in [0.4, 0.5) is 0 Å². The largest absolute Gasteiger partial charge is 0.329 e. The summed E-state index contributed by atoms with van der Waals surface area (Å²) < 4.78 is 1.20. The molecule has 1 saturated heterocycles. The summed E-state index contributed by atoms with van der Waals surface area (Å²) in [5.74, 6) is 0.911. The number of nitrogens with zero attached hydrogens (tertiary/aromatic N) is 1. The molecule has 0 aromatic heterocycles. The average Bonchev–Trinajstić information content (AvgIpc) is 2.50. The molecule has 1 aromatic rings. The highest BCUT2D eigenvalue weighted by molar-refractivity contribution is 9.10. The van der Waals surface area contributed by atoms with E-state index in [0.29, 0.717) is 12.6 Å². The molecule has 0 amide bonds. The number of hydrogen-bond acceptors (Lipinski definition) is 2. The number of rotatable bonds is 3. The van der Waals surface area contributed by atoms with E-state index in [9.17, 15) is 0 Å². The second-order valence-corrected chi connectivity index (χ2v) is 7.12. The number of hydrogen-bond donors (Lipinski definition) is 1. The van der Waals surface area contributed by atoms with Gasteiger partial charge < -0.3 is 5.73 Å². The van der Waals surface area contributed by atoms with Crippen LogP contribution in [0.5, 0.6) is 0 Å². The van der Waals surface area contributed by atoms with Gasteiger partial charge in [-0.05, 0) is 49.8 Å². The van der Waals surface area contributed by atoms with Crippen molar-refractivity contribution in [2.45, 2.75) is 50.6 Å². The molecule has 2 nitrogen and oxygen atoms in total. The fourth-order valence-corrected chi connectivity index (χ4v) is 4.79. The molecule has 2 aliphatic rings. The van der Waals surface area contributed by atoms with Gasteiger partial charge in [-0.3, -0.25) is 4.90 Å². The average molecular weight is 337 g/mol. The lowest BCUT2D eigenvalue weighted by molar-refractivity contribution is 0.0274. The van der Waals surface area contributed by atoms with Gasteiger partial charge in [-0.1, -0.05) is 47.0 Å². The van der Waals surface area contributed by atoms with E-state index >= 15 is 0 Å². The van der Waals surface area contributed by atoms with E-state index in [2.05, 4.69) is 45.1 Å². The first kappa shape index (κ1) is 14.6. The van der Waals surface area contributed by atoms with Crippen molar-refractivity contribution in [1.29, 1.82) is 0 Å². The van der Waals surface area contributed by atoms with Crippen LogP contribution in [0.25, 0.3) is 0 Å². The third-order valence-electron chi connectivity index (χ3n) is 5.17. The number of piperidine rings is 1. The van der Waals surface area contributed by atoms with Crippen LogP contribution >= 0.6 is 15.9 Å². The molecule has 3 atom stereocenters. The minimum atomic E-state index is 0.372. The van der Waals surface area contributed by atoms with E-state index in [1.807, 2.05) is 0 Å². The molecule has 3 rings (SSSR count). The maximum atomic E-state index is 6.16. The van der Waals surface area contributed by atoms with E-state index in [0.717, 1.165) is 12.0 Å². The lowest BCUT2D eigenvalue weighted by Gasteiger charge is -2.47. The van der Waals surface area contributed by atoms with Gasteiger partial charge in [0.05, 0.1) is 0 Å². The summed E-state index contributed by atoms with van der Waals surface area (Å²) in [4.78, 5) is 2.72. The Balaban J connectivity index is 1.86.